The Hall–Kier alpha value is 0.980. The first-order chi connectivity index (χ1) is 4.50. The van der Waals surface area contributed by atoms with Crippen molar-refractivity contribution in [2.45, 2.75) is 0 Å². The Bertz CT molecular complexity index is 173. The van der Waals surface area contributed by atoms with Crippen molar-refractivity contribution in [3.63, 3.8) is 0 Å². The van der Waals surface area contributed by atoms with E-state index in [4.69, 9.17) is 31.2 Å². The maximum Gasteiger partial charge on any atom is 0.309 e. The summed E-state index contributed by atoms with van der Waals surface area (Å²) in [6.07, 6.45) is 1.38. The Morgan fingerprint density at radius 3 is 2.40 bits per heavy atom. The van der Waals surface area contributed by atoms with Crippen LogP contribution in [0.4, 0.5) is 0 Å². The Balaban J connectivity index is 4.13. The zero-order valence-electron chi connectivity index (χ0n) is 4.91. The van der Waals surface area contributed by atoms with E-state index < -0.39 is 15.2 Å². The molecule has 0 bridgehead atoms. The molecule has 0 aromatic heterocycles. The van der Waals surface area contributed by atoms with Gasteiger partial charge < -0.3 is 14.3 Å². The van der Waals surface area contributed by atoms with E-state index >= 15 is 0 Å². The minimum absolute atomic E-state index is 0.0315. The van der Waals surface area contributed by atoms with E-state index in [0.717, 1.165) is 0 Å². The van der Waals surface area contributed by atoms with Crippen molar-refractivity contribution in [1.82, 2.24) is 0 Å². The number of hydrogen-bond donors (Lipinski definition) is 2. The van der Waals surface area contributed by atoms with Crippen molar-refractivity contribution in [3.05, 3.63) is 12.7 Å². The lowest BCUT2D eigenvalue weighted by Crippen LogP contribution is -1.89. The van der Waals surface area contributed by atoms with Crippen LogP contribution < -0.4 is 0 Å². The first kappa shape index (κ1) is 11.0. The van der Waals surface area contributed by atoms with Crippen LogP contribution >= 0.6 is 28.1 Å². The van der Waals surface area contributed by atoms with E-state index in [-0.39, 0.29) is 6.61 Å². The molecule has 0 aliphatic carbocycles. The lowest BCUT2D eigenvalue weighted by molar-refractivity contribution is 0.278. The quantitative estimate of drug-likeness (QED) is 0.568. The molecule has 7 heteroatoms. The molecule has 0 aromatic carbocycles. The molecule has 62 valence electrons. The molecule has 0 unspecified atom stereocenters. The second kappa shape index (κ2) is 4.78. The maximum atomic E-state index is 8.87. The predicted molar refractivity (Wildman–Crippen MR) is 46.6 cm³/mol. The van der Waals surface area contributed by atoms with Crippen molar-refractivity contribution in [3.8, 4) is 0 Å². The van der Waals surface area contributed by atoms with Gasteiger partial charge in [-0.15, -0.1) is 6.58 Å². The molecule has 0 spiro atoms. The fourth-order valence-corrected chi connectivity index (χ4v) is 1.71. The topological polar surface area (TPSA) is 49.7 Å². The molecule has 0 radical (unpaired) electrons. The molecule has 0 rings (SSSR count). The van der Waals surface area contributed by atoms with Gasteiger partial charge in [0.25, 0.3) is 0 Å². The van der Waals surface area contributed by atoms with Gasteiger partial charge in [-0.2, -0.15) is 0 Å². The van der Waals surface area contributed by atoms with Gasteiger partial charge in [0.05, 0.1) is 15.1 Å². The summed E-state index contributed by atoms with van der Waals surface area (Å²) in [7, 11) is 8.85. The van der Waals surface area contributed by atoms with Crippen LogP contribution in [0, 0.1) is 0 Å². The molecule has 10 heavy (non-hydrogen) atoms. The molecule has 2 N–H and O–H groups in total. The number of hydrogen-bond acceptors (Lipinski definition) is 1. The van der Waals surface area contributed by atoms with E-state index in [0.29, 0.717) is 0 Å². The molecular formula is C3H7Cl2O3PS. The third-order valence-electron chi connectivity index (χ3n) is 0.540. The highest BCUT2D eigenvalue weighted by atomic mass is 36.0. The predicted octanol–water partition coefficient (Wildman–Crippen LogP) is 1.78. The largest absolute Gasteiger partial charge is 0.327 e. The first-order valence-corrected chi connectivity index (χ1v) is 7.27. The molecule has 0 atom stereocenters. The van der Waals surface area contributed by atoms with Crippen LogP contribution in [0.25, 0.3) is 0 Å². The summed E-state index contributed by atoms with van der Waals surface area (Å²) in [6, 6.07) is 0. The first-order valence-electron chi connectivity index (χ1n) is 2.18. The molecule has 0 saturated heterocycles. The normalized spacial score (nSPS) is 12.1. The lowest BCUT2D eigenvalue weighted by atomic mass is 10.7. The molecule has 0 heterocycles. The minimum atomic E-state index is -3.54. The third kappa shape index (κ3) is 3.98. The Morgan fingerprint density at radius 2 is 2.10 bits per heavy atom. The fraction of sp³-hybridized carbons (Fsp3) is 0.333. The van der Waals surface area contributed by atoms with Gasteiger partial charge in [0, 0.05) is 0 Å². The van der Waals surface area contributed by atoms with Gasteiger partial charge >= 0.3 is 6.72 Å². The molecule has 0 amide bonds. The molecule has 0 fully saturated rings. The van der Waals surface area contributed by atoms with Crippen LogP contribution in [0.15, 0.2) is 12.7 Å². The summed E-state index contributed by atoms with van der Waals surface area (Å²) in [5.74, 6) is 0. The summed E-state index contributed by atoms with van der Waals surface area (Å²) < 4.78 is 4.49. The zero-order chi connectivity index (χ0) is 8.20. The van der Waals surface area contributed by atoms with Crippen LogP contribution in [0.5, 0.6) is 0 Å². The highest BCUT2D eigenvalue weighted by Crippen LogP contribution is 2.46. The standard InChI is InChI=1S/C3H7Cl2O3PS/c1-2-3-8-9(6,7)10(4)5/h2,6-7H,1,3H2. The van der Waals surface area contributed by atoms with Crippen molar-refractivity contribution in [2.75, 3.05) is 6.61 Å². The second-order valence-electron chi connectivity index (χ2n) is 1.27. The Morgan fingerprint density at radius 1 is 1.60 bits per heavy atom. The van der Waals surface area contributed by atoms with E-state index in [1.807, 2.05) is 0 Å². The fourth-order valence-electron chi connectivity index (χ4n) is 0.190. The minimum Gasteiger partial charge on any atom is -0.327 e. The maximum absolute atomic E-state index is 8.87. The highest BCUT2D eigenvalue weighted by Gasteiger charge is 2.13. The zero-order valence-corrected chi connectivity index (χ0v) is 8.13. The van der Waals surface area contributed by atoms with Crippen molar-refractivity contribution >= 4 is 36.6 Å². The molecule has 0 aromatic rings. The summed E-state index contributed by atoms with van der Waals surface area (Å²) in [4.78, 5) is 17.7. The van der Waals surface area contributed by atoms with Crippen LogP contribution in [-0.2, 0) is 13.0 Å². The Labute approximate surface area is 70.4 Å². The monoisotopic (exact) mass is 224 g/mol. The molecule has 3 nitrogen and oxygen atoms in total. The summed E-state index contributed by atoms with van der Waals surface area (Å²) in [6.45, 7) is -0.202. The van der Waals surface area contributed by atoms with Gasteiger partial charge in [-0.25, -0.2) is 0 Å². The van der Waals surface area contributed by atoms with Gasteiger partial charge in [0.15, 0.2) is 0 Å². The van der Waals surface area contributed by atoms with E-state index in [2.05, 4.69) is 11.1 Å². The van der Waals surface area contributed by atoms with Gasteiger partial charge in [-0.3, -0.25) is 0 Å². The summed E-state index contributed by atoms with van der Waals surface area (Å²) in [5.41, 5.74) is 0. The average molecular weight is 225 g/mol. The van der Waals surface area contributed by atoms with Gasteiger partial charge in [-0.1, -0.05) is 6.08 Å². The van der Waals surface area contributed by atoms with Crippen molar-refractivity contribution < 1.29 is 14.3 Å². The molecule has 0 saturated carbocycles. The van der Waals surface area contributed by atoms with Gasteiger partial charge in [-0.05, 0) is 21.4 Å². The smallest absolute Gasteiger partial charge is 0.309 e. The third-order valence-corrected chi connectivity index (χ3v) is 6.02. The highest BCUT2D eigenvalue weighted by molar-refractivity contribution is 8.53. The van der Waals surface area contributed by atoms with Crippen LogP contribution in [0.2, 0.25) is 0 Å². The Kier molecular flexibility index (Phi) is 5.24. The summed E-state index contributed by atoms with van der Waals surface area (Å²) in [5, 5.41) is 0. The lowest BCUT2D eigenvalue weighted by Gasteiger charge is -2.09. The van der Waals surface area contributed by atoms with Crippen LogP contribution in [0.1, 0.15) is 0 Å². The molecular weight excluding hydrogens is 218 g/mol. The molecule has 0 aliphatic heterocycles. The van der Waals surface area contributed by atoms with E-state index in [9.17, 15) is 0 Å². The van der Waals surface area contributed by atoms with E-state index in [1.165, 1.54) is 6.08 Å². The number of halogens is 2. The average Bonchev–Trinajstić information content (AvgIpc) is 1.84. The van der Waals surface area contributed by atoms with Crippen LogP contribution in [0.3, 0.4) is 0 Å². The van der Waals surface area contributed by atoms with E-state index in [1.54, 1.807) is 0 Å². The van der Waals surface area contributed by atoms with Crippen molar-refractivity contribution in [2.24, 2.45) is 0 Å². The van der Waals surface area contributed by atoms with Gasteiger partial charge in [0.1, 0.15) is 0 Å². The second-order valence-corrected chi connectivity index (χ2v) is 9.04. The van der Waals surface area contributed by atoms with Crippen molar-refractivity contribution in [1.29, 1.82) is 0 Å². The molecule has 0 aliphatic rings. The number of rotatable bonds is 3. The van der Waals surface area contributed by atoms with Crippen LogP contribution in [-0.4, -0.2) is 16.4 Å². The summed E-state index contributed by atoms with van der Waals surface area (Å²) >= 11 is 0. The SMILES string of the molecule is C=CCOP(O)(O)=S(Cl)Cl. The van der Waals surface area contributed by atoms with Gasteiger partial charge in [0.2, 0.25) is 0 Å².